The fourth-order valence-electron chi connectivity index (χ4n) is 3.08. The fourth-order valence-corrected chi connectivity index (χ4v) is 3.08. The molecule has 120 valence electrons. The summed E-state index contributed by atoms with van der Waals surface area (Å²) in [6.45, 7) is 9.14. The summed E-state index contributed by atoms with van der Waals surface area (Å²) in [7, 11) is 0. The molecule has 0 atom stereocenters. The van der Waals surface area contributed by atoms with Crippen molar-refractivity contribution >= 4 is 5.91 Å². The van der Waals surface area contributed by atoms with E-state index in [0.29, 0.717) is 5.56 Å². The molecule has 1 aliphatic carbocycles. The minimum atomic E-state index is -0.0520. The highest BCUT2D eigenvalue weighted by Crippen LogP contribution is 2.45. The highest BCUT2D eigenvalue weighted by atomic mass is 16.5. The van der Waals surface area contributed by atoms with Crippen molar-refractivity contribution in [3.8, 4) is 0 Å². The number of morpholine rings is 1. The molecule has 1 saturated carbocycles. The SMILES string of the molecule is Cc1ncnc(C)c1C(=O)NCC1(CN2CCOCC2)CC1. The number of hydrogen-bond donors (Lipinski definition) is 1. The van der Waals surface area contributed by atoms with Gasteiger partial charge >= 0.3 is 0 Å². The smallest absolute Gasteiger partial charge is 0.254 e. The van der Waals surface area contributed by atoms with E-state index in [0.717, 1.165) is 50.8 Å². The van der Waals surface area contributed by atoms with E-state index in [1.54, 1.807) is 0 Å². The maximum atomic E-state index is 12.4. The molecule has 1 aromatic heterocycles. The van der Waals surface area contributed by atoms with E-state index in [9.17, 15) is 4.79 Å². The highest BCUT2D eigenvalue weighted by molar-refractivity contribution is 5.96. The second kappa shape index (κ2) is 6.30. The number of hydrogen-bond acceptors (Lipinski definition) is 5. The molecule has 1 amide bonds. The van der Waals surface area contributed by atoms with Crippen LogP contribution >= 0.6 is 0 Å². The lowest BCUT2D eigenvalue weighted by molar-refractivity contribution is 0.0283. The molecular weight excluding hydrogens is 280 g/mol. The number of carbonyl (C=O) groups excluding carboxylic acids is 1. The van der Waals surface area contributed by atoms with Crippen LogP contribution in [-0.4, -0.2) is 60.2 Å². The molecule has 6 heteroatoms. The highest BCUT2D eigenvalue weighted by Gasteiger charge is 2.44. The Morgan fingerprint density at radius 1 is 1.27 bits per heavy atom. The first-order chi connectivity index (χ1) is 10.6. The van der Waals surface area contributed by atoms with Crippen molar-refractivity contribution < 1.29 is 9.53 Å². The van der Waals surface area contributed by atoms with Gasteiger partial charge in [0.05, 0.1) is 30.2 Å². The Hall–Kier alpha value is -1.53. The van der Waals surface area contributed by atoms with Gasteiger partial charge in [0.2, 0.25) is 0 Å². The first kappa shape index (κ1) is 15.4. The normalized spacial score (nSPS) is 20.6. The Labute approximate surface area is 131 Å². The Morgan fingerprint density at radius 2 is 1.91 bits per heavy atom. The molecule has 0 radical (unpaired) electrons. The van der Waals surface area contributed by atoms with E-state index in [2.05, 4.69) is 20.2 Å². The van der Waals surface area contributed by atoms with Gasteiger partial charge in [-0.3, -0.25) is 9.69 Å². The van der Waals surface area contributed by atoms with Gasteiger partial charge in [-0.1, -0.05) is 0 Å². The van der Waals surface area contributed by atoms with E-state index in [1.807, 2.05) is 13.8 Å². The predicted octanol–water partition coefficient (Wildman–Crippen LogP) is 0.936. The third kappa shape index (κ3) is 3.44. The van der Waals surface area contributed by atoms with Crippen LogP contribution in [-0.2, 0) is 4.74 Å². The van der Waals surface area contributed by atoms with Gasteiger partial charge in [0.15, 0.2) is 0 Å². The Balaban J connectivity index is 1.56. The standard InChI is InChI=1S/C16H24N4O2/c1-12-14(13(2)19-11-18-12)15(21)17-9-16(3-4-16)10-20-5-7-22-8-6-20/h11H,3-10H2,1-2H3,(H,17,21). The van der Waals surface area contributed by atoms with Crippen molar-refractivity contribution in [1.29, 1.82) is 0 Å². The average Bonchev–Trinajstić information content (AvgIpc) is 3.26. The number of aryl methyl sites for hydroxylation is 2. The third-order valence-electron chi connectivity index (χ3n) is 4.70. The van der Waals surface area contributed by atoms with Crippen molar-refractivity contribution in [3.05, 3.63) is 23.3 Å². The lowest BCUT2D eigenvalue weighted by Gasteiger charge is -2.30. The molecule has 0 aromatic carbocycles. The van der Waals surface area contributed by atoms with Crippen LogP contribution < -0.4 is 5.32 Å². The van der Waals surface area contributed by atoms with E-state index in [-0.39, 0.29) is 11.3 Å². The van der Waals surface area contributed by atoms with Gasteiger partial charge in [0.25, 0.3) is 5.91 Å². The Bertz CT molecular complexity index is 531. The monoisotopic (exact) mass is 304 g/mol. The molecule has 2 fully saturated rings. The number of ether oxygens (including phenoxy) is 1. The third-order valence-corrected chi connectivity index (χ3v) is 4.70. The lowest BCUT2D eigenvalue weighted by atomic mass is 10.1. The van der Waals surface area contributed by atoms with Crippen molar-refractivity contribution in [3.63, 3.8) is 0 Å². The van der Waals surface area contributed by atoms with Gasteiger partial charge in [-0.2, -0.15) is 0 Å². The second-order valence-electron chi connectivity index (χ2n) is 6.49. The summed E-state index contributed by atoms with van der Waals surface area (Å²) in [5.74, 6) is -0.0520. The van der Waals surface area contributed by atoms with Crippen LogP contribution in [0.4, 0.5) is 0 Å². The van der Waals surface area contributed by atoms with Crippen molar-refractivity contribution in [2.75, 3.05) is 39.4 Å². The van der Waals surface area contributed by atoms with Crippen LogP contribution in [0, 0.1) is 19.3 Å². The maximum absolute atomic E-state index is 12.4. The van der Waals surface area contributed by atoms with E-state index < -0.39 is 0 Å². The molecule has 2 aliphatic rings. The minimum absolute atomic E-state index is 0.0520. The summed E-state index contributed by atoms with van der Waals surface area (Å²) in [5.41, 5.74) is 2.35. The zero-order chi connectivity index (χ0) is 15.6. The molecule has 2 heterocycles. The number of carbonyl (C=O) groups is 1. The van der Waals surface area contributed by atoms with Crippen LogP contribution in [0.1, 0.15) is 34.6 Å². The van der Waals surface area contributed by atoms with Crippen molar-refractivity contribution in [2.45, 2.75) is 26.7 Å². The predicted molar refractivity (Wildman–Crippen MR) is 82.8 cm³/mol. The zero-order valence-corrected chi connectivity index (χ0v) is 13.4. The summed E-state index contributed by atoms with van der Waals surface area (Å²) in [6, 6.07) is 0. The van der Waals surface area contributed by atoms with Crippen LogP contribution in [0.3, 0.4) is 0 Å². The molecule has 1 aliphatic heterocycles. The Morgan fingerprint density at radius 3 is 2.50 bits per heavy atom. The summed E-state index contributed by atoms with van der Waals surface area (Å²) in [6.07, 6.45) is 3.88. The molecule has 1 N–H and O–H groups in total. The van der Waals surface area contributed by atoms with Crippen LogP contribution in [0.15, 0.2) is 6.33 Å². The Kier molecular flexibility index (Phi) is 4.40. The van der Waals surface area contributed by atoms with Gasteiger partial charge in [-0.25, -0.2) is 9.97 Å². The summed E-state index contributed by atoms with van der Waals surface area (Å²) >= 11 is 0. The molecule has 3 rings (SSSR count). The summed E-state index contributed by atoms with van der Waals surface area (Å²) in [5, 5.41) is 3.10. The molecule has 6 nitrogen and oxygen atoms in total. The minimum Gasteiger partial charge on any atom is -0.379 e. The van der Waals surface area contributed by atoms with Gasteiger partial charge in [0, 0.05) is 31.6 Å². The number of nitrogens with zero attached hydrogens (tertiary/aromatic N) is 3. The number of amides is 1. The van der Waals surface area contributed by atoms with Gasteiger partial charge < -0.3 is 10.1 Å². The quantitative estimate of drug-likeness (QED) is 0.877. The van der Waals surface area contributed by atoms with Crippen LogP contribution in [0.2, 0.25) is 0 Å². The maximum Gasteiger partial charge on any atom is 0.254 e. The van der Waals surface area contributed by atoms with Crippen molar-refractivity contribution in [1.82, 2.24) is 20.2 Å². The first-order valence-corrected chi connectivity index (χ1v) is 7.96. The summed E-state index contributed by atoms with van der Waals surface area (Å²) in [4.78, 5) is 23.1. The number of rotatable bonds is 5. The molecule has 0 spiro atoms. The van der Waals surface area contributed by atoms with E-state index in [4.69, 9.17) is 4.74 Å². The van der Waals surface area contributed by atoms with Crippen LogP contribution in [0.5, 0.6) is 0 Å². The zero-order valence-electron chi connectivity index (χ0n) is 13.4. The second-order valence-corrected chi connectivity index (χ2v) is 6.49. The van der Waals surface area contributed by atoms with Gasteiger partial charge in [-0.05, 0) is 26.7 Å². The average molecular weight is 304 g/mol. The topological polar surface area (TPSA) is 67.4 Å². The summed E-state index contributed by atoms with van der Waals surface area (Å²) < 4.78 is 5.39. The first-order valence-electron chi connectivity index (χ1n) is 7.96. The molecular formula is C16H24N4O2. The molecule has 1 aromatic rings. The molecule has 22 heavy (non-hydrogen) atoms. The number of nitrogens with one attached hydrogen (secondary N) is 1. The van der Waals surface area contributed by atoms with Crippen LogP contribution in [0.25, 0.3) is 0 Å². The molecule has 0 bridgehead atoms. The van der Waals surface area contributed by atoms with Crippen molar-refractivity contribution in [2.24, 2.45) is 5.41 Å². The largest absolute Gasteiger partial charge is 0.379 e. The lowest BCUT2D eigenvalue weighted by Crippen LogP contribution is -2.43. The van der Waals surface area contributed by atoms with Gasteiger partial charge in [-0.15, -0.1) is 0 Å². The molecule has 0 unspecified atom stereocenters. The molecule has 1 saturated heterocycles. The van der Waals surface area contributed by atoms with E-state index in [1.165, 1.54) is 19.2 Å². The van der Waals surface area contributed by atoms with Gasteiger partial charge in [0.1, 0.15) is 6.33 Å². The number of aromatic nitrogens is 2. The van der Waals surface area contributed by atoms with E-state index >= 15 is 0 Å². The fraction of sp³-hybridized carbons (Fsp3) is 0.688.